The lowest BCUT2D eigenvalue weighted by Gasteiger charge is -2.04. The maximum atomic E-state index is 10.9. The van der Waals surface area contributed by atoms with Crippen molar-refractivity contribution < 1.29 is 35.0 Å². The van der Waals surface area contributed by atoms with Crippen molar-refractivity contribution >= 4 is 5.69 Å². The molecule has 0 radical (unpaired) electrons. The number of nitro benzene ring substituents is 1. The fourth-order valence-electron chi connectivity index (χ4n) is 2.40. The number of aryl methyl sites for hydroxylation is 2. The molecule has 1 aromatic heterocycles. The number of nitro groups is 1. The van der Waals surface area contributed by atoms with Crippen LogP contribution in [0.1, 0.15) is 11.4 Å². The van der Waals surface area contributed by atoms with Crippen LogP contribution in [0.5, 0.6) is 28.7 Å². The molecule has 0 fully saturated rings. The summed E-state index contributed by atoms with van der Waals surface area (Å²) in [4.78, 5) is 14.1. The zero-order chi connectivity index (χ0) is 19.7. The third-order valence-electron chi connectivity index (χ3n) is 3.75. The molecule has 0 spiro atoms. The maximum Gasteiger partial charge on any atom is 0.315 e. The van der Waals surface area contributed by atoms with Crippen molar-refractivity contribution in [1.29, 1.82) is 0 Å². The maximum absolute atomic E-state index is 10.9. The molecule has 2 aromatic carbocycles. The van der Waals surface area contributed by atoms with Crippen molar-refractivity contribution in [3.05, 3.63) is 45.8 Å². The Morgan fingerprint density at radius 2 is 1.56 bits per heavy atom. The molecule has 0 saturated heterocycles. The smallest absolute Gasteiger partial charge is 0.315 e. The topological polar surface area (TPSA) is 183 Å². The first kappa shape index (κ1) is 17.8. The summed E-state index contributed by atoms with van der Waals surface area (Å²) in [5.41, 5.74) is -0.150. The number of aromatic hydroxyl groups is 5. The standard InChI is InChI=1S/C16H13N3O8/c20-10-3-7(4-11(21)15(10)24)1-2-13-17-16(27-18-13)8-5-9(19(25)26)14(23)12(22)6-8/h3-6,20-24H,1-2H2. The van der Waals surface area contributed by atoms with Gasteiger partial charge in [0.05, 0.1) is 10.5 Å². The molecule has 1 heterocycles. The van der Waals surface area contributed by atoms with Crippen LogP contribution in [0.25, 0.3) is 11.5 Å². The van der Waals surface area contributed by atoms with E-state index in [0.717, 1.165) is 12.1 Å². The van der Waals surface area contributed by atoms with Crippen LogP contribution in [0.2, 0.25) is 0 Å². The van der Waals surface area contributed by atoms with Gasteiger partial charge < -0.3 is 30.1 Å². The van der Waals surface area contributed by atoms with E-state index >= 15 is 0 Å². The number of benzene rings is 2. The lowest BCUT2D eigenvalue weighted by molar-refractivity contribution is -0.385. The number of nitrogens with zero attached hydrogens (tertiary/aromatic N) is 3. The van der Waals surface area contributed by atoms with E-state index in [4.69, 9.17) is 4.52 Å². The molecule has 0 atom stereocenters. The van der Waals surface area contributed by atoms with Gasteiger partial charge in [-0.15, -0.1) is 0 Å². The summed E-state index contributed by atoms with van der Waals surface area (Å²) in [6.07, 6.45) is 0.528. The van der Waals surface area contributed by atoms with Crippen LogP contribution in [0.4, 0.5) is 5.69 Å². The predicted octanol–water partition coefficient (Wildman–Crippen LogP) is 1.96. The summed E-state index contributed by atoms with van der Waals surface area (Å²) in [6.45, 7) is 0. The van der Waals surface area contributed by atoms with Crippen LogP contribution < -0.4 is 0 Å². The van der Waals surface area contributed by atoms with Crippen molar-refractivity contribution in [2.75, 3.05) is 0 Å². The minimum atomic E-state index is -0.865. The van der Waals surface area contributed by atoms with Crippen LogP contribution in [-0.2, 0) is 12.8 Å². The van der Waals surface area contributed by atoms with E-state index in [1.54, 1.807) is 0 Å². The Kier molecular flexibility index (Phi) is 4.42. The van der Waals surface area contributed by atoms with E-state index in [0.29, 0.717) is 12.0 Å². The molecule has 11 heteroatoms. The second kappa shape index (κ2) is 6.71. The summed E-state index contributed by atoms with van der Waals surface area (Å²) in [5, 5.41) is 62.1. The minimum absolute atomic E-state index is 0.0515. The third-order valence-corrected chi connectivity index (χ3v) is 3.75. The Morgan fingerprint density at radius 3 is 2.19 bits per heavy atom. The molecule has 3 aromatic rings. The first-order valence-corrected chi connectivity index (χ1v) is 7.53. The summed E-state index contributed by atoms with van der Waals surface area (Å²) < 4.78 is 5.02. The Hall–Kier alpha value is -4.02. The Balaban J connectivity index is 1.80. The molecule has 3 rings (SSSR count). The van der Waals surface area contributed by atoms with E-state index in [1.165, 1.54) is 12.1 Å². The average Bonchev–Trinajstić information content (AvgIpc) is 3.08. The first-order valence-electron chi connectivity index (χ1n) is 7.53. The third kappa shape index (κ3) is 3.51. The van der Waals surface area contributed by atoms with Gasteiger partial charge in [-0.3, -0.25) is 10.1 Å². The van der Waals surface area contributed by atoms with Crippen LogP contribution >= 0.6 is 0 Å². The highest BCUT2D eigenvalue weighted by Gasteiger charge is 2.22. The van der Waals surface area contributed by atoms with Gasteiger partial charge in [-0.05, 0) is 30.2 Å². The Bertz CT molecular complexity index is 1010. The largest absolute Gasteiger partial charge is 0.504 e. The highest BCUT2D eigenvalue weighted by atomic mass is 16.6. The molecule has 11 nitrogen and oxygen atoms in total. The van der Waals surface area contributed by atoms with Crippen LogP contribution in [0, 0.1) is 10.1 Å². The molecule has 0 bridgehead atoms. The fourth-order valence-corrected chi connectivity index (χ4v) is 2.40. The lowest BCUT2D eigenvalue weighted by Crippen LogP contribution is -1.94. The van der Waals surface area contributed by atoms with Gasteiger partial charge in [0.25, 0.3) is 5.89 Å². The molecule has 0 amide bonds. The first-order chi connectivity index (χ1) is 12.8. The van der Waals surface area contributed by atoms with Crippen molar-refractivity contribution in [3.8, 4) is 40.2 Å². The monoisotopic (exact) mass is 375 g/mol. The molecule has 0 aliphatic heterocycles. The van der Waals surface area contributed by atoms with Crippen LogP contribution in [0.15, 0.2) is 28.8 Å². The molecular formula is C16H13N3O8. The molecule has 0 saturated carbocycles. The van der Waals surface area contributed by atoms with Crippen molar-refractivity contribution in [1.82, 2.24) is 10.1 Å². The molecule has 5 N–H and O–H groups in total. The van der Waals surface area contributed by atoms with Crippen LogP contribution in [0.3, 0.4) is 0 Å². The quantitative estimate of drug-likeness (QED) is 0.251. The van der Waals surface area contributed by atoms with E-state index in [-0.39, 0.29) is 23.7 Å². The van der Waals surface area contributed by atoms with Crippen molar-refractivity contribution in [2.45, 2.75) is 12.8 Å². The number of hydrogen-bond donors (Lipinski definition) is 5. The second-order valence-electron chi connectivity index (χ2n) is 5.62. The van der Waals surface area contributed by atoms with Gasteiger partial charge in [0.2, 0.25) is 5.75 Å². The Labute approximate surface area is 150 Å². The lowest BCUT2D eigenvalue weighted by atomic mass is 10.1. The number of aromatic nitrogens is 2. The summed E-state index contributed by atoms with van der Waals surface area (Å²) in [6, 6.07) is 4.59. The zero-order valence-corrected chi connectivity index (χ0v) is 13.5. The highest BCUT2D eigenvalue weighted by Crippen LogP contribution is 2.39. The van der Waals surface area contributed by atoms with Crippen molar-refractivity contribution in [3.63, 3.8) is 0 Å². The molecule has 140 valence electrons. The van der Waals surface area contributed by atoms with Gasteiger partial charge in [-0.25, -0.2) is 0 Å². The number of phenols is 5. The summed E-state index contributed by atoms with van der Waals surface area (Å²) >= 11 is 0. The fraction of sp³-hybridized carbons (Fsp3) is 0.125. The predicted molar refractivity (Wildman–Crippen MR) is 88.6 cm³/mol. The molecule has 0 unspecified atom stereocenters. The minimum Gasteiger partial charge on any atom is -0.504 e. The molecule has 0 aliphatic rings. The molecule has 0 aliphatic carbocycles. The zero-order valence-electron chi connectivity index (χ0n) is 13.5. The van der Waals surface area contributed by atoms with Crippen molar-refractivity contribution in [2.24, 2.45) is 0 Å². The normalized spacial score (nSPS) is 10.8. The summed E-state index contributed by atoms with van der Waals surface area (Å²) in [7, 11) is 0. The number of phenolic OH excluding ortho intramolecular Hbond substituents is 5. The van der Waals surface area contributed by atoms with E-state index in [9.17, 15) is 35.6 Å². The van der Waals surface area contributed by atoms with E-state index < -0.39 is 39.4 Å². The SMILES string of the molecule is O=[N+]([O-])c1cc(-c2nc(CCc3cc(O)c(O)c(O)c3)no2)cc(O)c1O. The second-order valence-corrected chi connectivity index (χ2v) is 5.62. The number of rotatable bonds is 5. The van der Waals surface area contributed by atoms with Gasteiger partial charge in [-0.2, -0.15) is 4.98 Å². The Morgan fingerprint density at radius 1 is 0.926 bits per heavy atom. The van der Waals surface area contributed by atoms with Crippen LogP contribution in [-0.4, -0.2) is 40.6 Å². The van der Waals surface area contributed by atoms with Gasteiger partial charge >= 0.3 is 5.69 Å². The van der Waals surface area contributed by atoms with Gasteiger partial charge in [0.1, 0.15) is 0 Å². The van der Waals surface area contributed by atoms with E-state index in [1.807, 2.05) is 0 Å². The summed E-state index contributed by atoms with van der Waals surface area (Å²) in [5.74, 6) is -2.98. The van der Waals surface area contributed by atoms with Gasteiger partial charge in [0.15, 0.2) is 28.8 Å². The molecule has 27 heavy (non-hydrogen) atoms. The van der Waals surface area contributed by atoms with E-state index in [2.05, 4.69) is 10.1 Å². The van der Waals surface area contributed by atoms with Gasteiger partial charge in [-0.1, -0.05) is 5.16 Å². The van der Waals surface area contributed by atoms with Gasteiger partial charge in [0, 0.05) is 12.5 Å². The number of hydrogen-bond acceptors (Lipinski definition) is 10. The highest BCUT2D eigenvalue weighted by molar-refractivity contribution is 5.67. The average molecular weight is 375 g/mol. The molecular weight excluding hydrogens is 362 g/mol.